The standard InChI is InChI=1S/C14H21FN4O.CH2O2/c15-12-3-1-6-17-14(12)18-7-2-8-19-9-4-11(5-10-19)13(16)20;2-1-3/h1,3,6,11H,2,4-5,7-10H2,(H2,16,20)(H,17,18);1H,(H,2,3). The molecule has 128 valence electrons. The van der Waals surface area contributed by atoms with E-state index in [1.54, 1.807) is 12.3 Å². The summed E-state index contributed by atoms with van der Waals surface area (Å²) in [6.07, 6.45) is 4.17. The van der Waals surface area contributed by atoms with Gasteiger partial charge in [-0.15, -0.1) is 0 Å². The lowest BCUT2D eigenvalue weighted by molar-refractivity contribution is -0.123. The molecule has 1 fully saturated rings. The van der Waals surface area contributed by atoms with Gasteiger partial charge in [-0.05, 0) is 51.0 Å². The summed E-state index contributed by atoms with van der Waals surface area (Å²) >= 11 is 0. The number of carboxylic acid groups (broad SMARTS) is 1. The maximum absolute atomic E-state index is 13.3. The van der Waals surface area contributed by atoms with E-state index in [0.717, 1.165) is 38.9 Å². The summed E-state index contributed by atoms with van der Waals surface area (Å²) in [4.78, 5) is 25.7. The van der Waals surface area contributed by atoms with Gasteiger partial charge in [0, 0.05) is 18.7 Å². The van der Waals surface area contributed by atoms with Gasteiger partial charge in [-0.25, -0.2) is 9.37 Å². The van der Waals surface area contributed by atoms with Crippen molar-refractivity contribution in [1.29, 1.82) is 0 Å². The molecule has 0 atom stereocenters. The minimum Gasteiger partial charge on any atom is -0.483 e. The van der Waals surface area contributed by atoms with Crippen LogP contribution in [0.4, 0.5) is 10.2 Å². The Morgan fingerprint density at radius 3 is 2.74 bits per heavy atom. The summed E-state index contributed by atoms with van der Waals surface area (Å²) in [5, 5.41) is 9.88. The highest BCUT2D eigenvalue weighted by Crippen LogP contribution is 2.16. The van der Waals surface area contributed by atoms with E-state index in [2.05, 4.69) is 15.2 Å². The maximum Gasteiger partial charge on any atom is 0.290 e. The second kappa shape index (κ2) is 10.5. The van der Waals surface area contributed by atoms with E-state index in [9.17, 15) is 9.18 Å². The number of nitrogens with one attached hydrogen (secondary N) is 1. The molecular formula is C15H23FN4O3. The number of nitrogens with zero attached hydrogens (tertiary/aromatic N) is 2. The number of primary amides is 1. The second-order valence-electron chi connectivity index (χ2n) is 5.24. The Morgan fingerprint density at radius 2 is 2.17 bits per heavy atom. The normalized spacial score (nSPS) is 15.3. The number of piperidine rings is 1. The number of anilines is 1. The van der Waals surface area contributed by atoms with Gasteiger partial charge in [0.2, 0.25) is 5.91 Å². The molecule has 0 aromatic carbocycles. The van der Waals surface area contributed by atoms with Gasteiger partial charge in [0.05, 0.1) is 0 Å². The minimum absolute atomic E-state index is 0.0342. The Balaban J connectivity index is 0.000000816. The smallest absolute Gasteiger partial charge is 0.290 e. The molecule has 23 heavy (non-hydrogen) atoms. The van der Waals surface area contributed by atoms with Crippen LogP contribution in [0.5, 0.6) is 0 Å². The molecule has 2 heterocycles. The van der Waals surface area contributed by atoms with Crippen molar-refractivity contribution in [2.45, 2.75) is 19.3 Å². The number of hydrogen-bond acceptors (Lipinski definition) is 5. The third-order valence-corrected chi connectivity index (χ3v) is 3.69. The molecule has 4 N–H and O–H groups in total. The van der Waals surface area contributed by atoms with Crippen LogP contribution in [0.2, 0.25) is 0 Å². The fraction of sp³-hybridized carbons (Fsp3) is 0.533. The van der Waals surface area contributed by atoms with Crippen molar-refractivity contribution in [2.24, 2.45) is 11.7 Å². The van der Waals surface area contributed by atoms with Crippen LogP contribution < -0.4 is 11.1 Å². The predicted octanol–water partition coefficient (Wildman–Crippen LogP) is 0.921. The maximum atomic E-state index is 13.3. The highest BCUT2D eigenvalue weighted by atomic mass is 19.1. The van der Waals surface area contributed by atoms with E-state index in [0.29, 0.717) is 12.4 Å². The van der Waals surface area contributed by atoms with Crippen LogP contribution in [0.25, 0.3) is 0 Å². The average Bonchev–Trinajstić information content (AvgIpc) is 2.54. The van der Waals surface area contributed by atoms with Crippen molar-refractivity contribution in [3.63, 3.8) is 0 Å². The van der Waals surface area contributed by atoms with Crippen LogP contribution in [0.1, 0.15) is 19.3 Å². The monoisotopic (exact) mass is 326 g/mol. The zero-order valence-corrected chi connectivity index (χ0v) is 12.9. The first-order valence-corrected chi connectivity index (χ1v) is 7.52. The molecule has 8 heteroatoms. The molecular weight excluding hydrogens is 303 g/mol. The molecule has 0 saturated carbocycles. The number of pyridine rings is 1. The summed E-state index contributed by atoms with van der Waals surface area (Å²) in [7, 11) is 0. The van der Waals surface area contributed by atoms with Crippen molar-refractivity contribution >= 4 is 18.2 Å². The van der Waals surface area contributed by atoms with E-state index >= 15 is 0 Å². The molecule has 2 rings (SSSR count). The summed E-state index contributed by atoms with van der Waals surface area (Å²) in [6, 6.07) is 2.97. The van der Waals surface area contributed by atoms with Crippen LogP contribution in [0, 0.1) is 11.7 Å². The van der Waals surface area contributed by atoms with Crippen LogP contribution in [-0.4, -0.2) is 53.5 Å². The molecule has 1 saturated heterocycles. The highest BCUT2D eigenvalue weighted by molar-refractivity contribution is 5.76. The summed E-state index contributed by atoms with van der Waals surface area (Å²) in [5.41, 5.74) is 5.30. The Labute approximate surface area is 134 Å². The van der Waals surface area contributed by atoms with E-state index in [1.807, 2.05) is 0 Å². The van der Waals surface area contributed by atoms with Gasteiger partial charge in [0.15, 0.2) is 11.6 Å². The zero-order valence-electron chi connectivity index (χ0n) is 12.9. The summed E-state index contributed by atoms with van der Waals surface area (Å²) in [5.74, 6) is -0.168. The van der Waals surface area contributed by atoms with Crippen molar-refractivity contribution < 1.29 is 19.1 Å². The lowest BCUT2D eigenvalue weighted by Gasteiger charge is -2.30. The minimum atomic E-state index is -0.324. The van der Waals surface area contributed by atoms with E-state index in [4.69, 9.17) is 15.6 Å². The van der Waals surface area contributed by atoms with E-state index in [-0.39, 0.29) is 24.1 Å². The first kappa shape index (κ1) is 18.8. The zero-order chi connectivity index (χ0) is 17.1. The number of amides is 1. The van der Waals surface area contributed by atoms with Crippen LogP contribution >= 0.6 is 0 Å². The van der Waals surface area contributed by atoms with Crippen LogP contribution in [0.15, 0.2) is 18.3 Å². The SMILES string of the molecule is NC(=O)C1CCN(CCCNc2ncccc2F)CC1.O=CO. The lowest BCUT2D eigenvalue weighted by atomic mass is 9.96. The van der Waals surface area contributed by atoms with Crippen molar-refractivity contribution in [3.8, 4) is 0 Å². The Bertz CT molecular complexity index is 493. The number of likely N-dealkylation sites (tertiary alicyclic amines) is 1. The van der Waals surface area contributed by atoms with E-state index in [1.165, 1.54) is 6.07 Å². The van der Waals surface area contributed by atoms with Crippen molar-refractivity contribution in [2.75, 3.05) is 31.5 Å². The molecule has 1 amide bonds. The van der Waals surface area contributed by atoms with Crippen molar-refractivity contribution in [3.05, 3.63) is 24.1 Å². The highest BCUT2D eigenvalue weighted by Gasteiger charge is 2.22. The first-order chi connectivity index (χ1) is 11.1. The van der Waals surface area contributed by atoms with E-state index < -0.39 is 0 Å². The third-order valence-electron chi connectivity index (χ3n) is 3.69. The topological polar surface area (TPSA) is 109 Å². The fourth-order valence-electron chi connectivity index (χ4n) is 2.47. The number of rotatable bonds is 6. The third kappa shape index (κ3) is 7.05. The van der Waals surface area contributed by atoms with Gasteiger partial charge in [0.25, 0.3) is 6.47 Å². The lowest BCUT2D eigenvalue weighted by Crippen LogP contribution is -2.39. The Morgan fingerprint density at radius 1 is 1.52 bits per heavy atom. The van der Waals surface area contributed by atoms with Gasteiger partial charge in [-0.3, -0.25) is 9.59 Å². The van der Waals surface area contributed by atoms with Gasteiger partial charge < -0.3 is 21.1 Å². The average molecular weight is 326 g/mol. The fourth-order valence-corrected chi connectivity index (χ4v) is 2.47. The molecule has 1 aromatic rings. The van der Waals surface area contributed by atoms with Crippen molar-refractivity contribution in [1.82, 2.24) is 9.88 Å². The molecule has 7 nitrogen and oxygen atoms in total. The molecule has 0 spiro atoms. The number of carbonyl (C=O) groups excluding carboxylic acids is 1. The number of carbonyl (C=O) groups is 2. The Kier molecular flexibility index (Phi) is 8.59. The molecule has 0 unspecified atom stereocenters. The Hall–Kier alpha value is -2.22. The predicted molar refractivity (Wildman–Crippen MR) is 84.4 cm³/mol. The quantitative estimate of drug-likeness (QED) is 0.530. The molecule has 1 aromatic heterocycles. The number of halogens is 1. The summed E-state index contributed by atoms with van der Waals surface area (Å²) < 4.78 is 13.3. The van der Waals surface area contributed by atoms with Gasteiger partial charge in [-0.2, -0.15) is 0 Å². The van der Waals surface area contributed by atoms with Gasteiger partial charge in [-0.1, -0.05) is 0 Å². The number of aromatic nitrogens is 1. The second-order valence-corrected chi connectivity index (χ2v) is 5.24. The van der Waals surface area contributed by atoms with Crippen LogP contribution in [-0.2, 0) is 9.59 Å². The first-order valence-electron chi connectivity index (χ1n) is 7.52. The number of nitrogens with two attached hydrogens (primary N) is 1. The molecule has 1 aliphatic rings. The summed E-state index contributed by atoms with van der Waals surface area (Å²) in [6.45, 7) is 3.19. The largest absolute Gasteiger partial charge is 0.483 e. The molecule has 0 aliphatic carbocycles. The van der Waals surface area contributed by atoms with Crippen LogP contribution in [0.3, 0.4) is 0 Å². The van der Waals surface area contributed by atoms with Gasteiger partial charge in [0.1, 0.15) is 0 Å². The molecule has 0 bridgehead atoms. The molecule has 1 aliphatic heterocycles. The van der Waals surface area contributed by atoms with Gasteiger partial charge >= 0.3 is 0 Å². The number of hydrogen-bond donors (Lipinski definition) is 3. The molecule has 0 radical (unpaired) electrons.